The van der Waals surface area contributed by atoms with Crippen LogP contribution in [0.5, 0.6) is 5.75 Å². The van der Waals surface area contributed by atoms with Crippen molar-refractivity contribution in [2.75, 3.05) is 13.2 Å². The predicted octanol–water partition coefficient (Wildman–Crippen LogP) is 4.17. The van der Waals surface area contributed by atoms with Gasteiger partial charge in [0.2, 0.25) is 0 Å². The van der Waals surface area contributed by atoms with E-state index in [-0.39, 0.29) is 12.0 Å². The van der Waals surface area contributed by atoms with Crippen molar-refractivity contribution in [3.63, 3.8) is 0 Å². The predicted molar refractivity (Wildman–Crippen MR) is 105 cm³/mol. The number of hydrogen-bond donors (Lipinski definition) is 1. The van der Waals surface area contributed by atoms with Crippen LogP contribution in [0, 0.1) is 5.41 Å². The maximum atomic E-state index is 12.3. The lowest BCUT2D eigenvalue weighted by atomic mass is 9.90. The Balaban J connectivity index is 2.05. The smallest absolute Gasteiger partial charge is 0.408 e. The zero-order valence-electron chi connectivity index (χ0n) is 17.5. The summed E-state index contributed by atoms with van der Waals surface area (Å²) in [5, 5.41) is 2.54. The molecule has 1 aromatic heterocycles. The van der Waals surface area contributed by atoms with Gasteiger partial charge in [0.1, 0.15) is 11.4 Å². The molecule has 28 heavy (non-hydrogen) atoms. The van der Waals surface area contributed by atoms with Crippen LogP contribution in [0.2, 0.25) is 0 Å². The summed E-state index contributed by atoms with van der Waals surface area (Å²) in [4.78, 5) is 28.7. The molecule has 0 radical (unpaired) electrons. The second-order valence-corrected chi connectivity index (χ2v) is 8.56. The molecule has 1 heterocycles. The lowest BCUT2D eigenvalue weighted by molar-refractivity contribution is -0.146. The number of carbonyl (C=O) groups excluding carboxylic acids is 2. The van der Waals surface area contributed by atoms with Gasteiger partial charge < -0.3 is 19.5 Å². The van der Waals surface area contributed by atoms with Crippen molar-refractivity contribution in [2.45, 2.75) is 71.9 Å². The van der Waals surface area contributed by atoms with Crippen LogP contribution in [0.4, 0.5) is 4.79 Å². The van der Waals surface area contributed by atoms with Crippen LogP contribution in [0.1, 0.15) is 72.0 Å². The number of alkyl carbamates (subject to hydrolysis) is 1. The van der Waals surface area contributed by atoms with Gasteiger partial charge in [-0.25, -0.2) is 9.59 Å². The lowest BCUT2D eigenvalue weighted by Gasteiger charge is -2.24. The molecule has 0 aromatic carbocycles. The second kappa shape index (κ2) is 9.26. The Morgan fingerprint density at radius 3 is 2.46 bits per heavy atom. The highest BCUT2D eigenvalue weighted by atomic mass is 16.6. The average Bonchev–Trinajstić information content (AvgIpc) is 3.04. The number of esters is 1. The molecule has 1 unspecified atom stereocenters. The number of nitrogens with zero attached hydrogens (tertiary/aromatic N) is 1. The third kappa shape index (κ3) is 6.69. The third-order valence-corrected chi connectivity index (χ3v) is 4.64. The van der Waals surface area contributed by atoms with E-state index in [2.05, 4.69) is 17.2 Å². The summed E-state index contributed by atoms with van der Waals surface area (Å²) in [5.74, 6) is 0.0461. The molecular weight excluding hydrogens is 360 g/mol. The molecule has 0 bridgehead atoms. The van der Waals surface area contributed by atoms with Crippen molar-refractivity contribution in [1.82, 2.24) is 10.3 Å². The molecule has 156 valence electrons. The molecule has 1 atom stereocenters. The summed E-state index contributed by atoms with van der Waals surface area (Å²) < 4.78 is 16.2. The fourth-order valence-electron chi connectivity index (χ4n) is 3.18. The van der Waals surface area contributed by atoms with Crippen LogP contribution in [0.3, 0.4) is 0 Å². The first kappa shape index (κ1) is 22.0. The fraction of sp³-hybridized carbons (Fsp3) is 0.667. The molecule has 0 aliphatic heterocycles. The van der Waals surface area contributed by atoms with E-state index >= 15 is 0 Å². The number of amides is 1. The molecule has 0 spiro atoms. The van der Waals surface area contributed by atoms with Gasteiger partial charge in [0.05, 0.1) is 25.1 Å². The van der Waals surface area contributed by atoms with E-state index in [1.54, 1.807) is 46.0 Å². The van der Waals surface area contributed by atoms with Crippen molar-refractivity contribution in [2.24, 2.45) is 5.41 Å². The quantitative estimate of drug-likeness (QED) is 0.701. The summed E-state index contributed by atoms with van der Waals surface area (Å²) in [5.41, 5.74) is -0.0985. The third-order valence-electron chi connectivity index (χ3n) is 4.64. The number of pyridine rings is 1. The van der Waals surface area contributed by atoms with Crippen LogP contribution in [0.15, 0.2) is 18.3 Å². The van der Waals surface area contributed by atoms with Crippen LogP contribution >= 0.6 is 0 Å². The standard InChI is InChI=1S/C21H32N2O5/c1-6-26-18(24)17(23-19(25)28-20(2,3)4)16-10-9-15(13-22-16)27-14-21(5)11-7-8-12-21/h9-10,13,17H,6-8,11-12,14H2,1-5H3,(H,23,25). The Morgan fingerprint density at radius 2 is 1.93 bits per heavy atom. The van der Waals surface area contributed by atoms with Gasteiger partial charge in [0, 0.05) is 5.41 Å². The van der Waals surface area contributed by atoms with Crippen LogP contribution in [0.25, 0.3) is 0 Å². The number of nitrogens with one attached hydrogen (secondary N) is 1. The van der Waals surface area contributed by atoms with Gasteiger partial charge in [-0.05, 0) is 52.7 Å². The Morgan fingerprint density at radius 1 is 1.25 bits per heavy atom. The molecule has 1 aliphatic rings. The Labute approximate surface area is 167 Å². The number of hydrogen-bond acceptors (Lipinski definition) is 6. The van der Waals surface area contributed by atoms with Crippen LogP contribution < -0.4 is 10.1 Å². The van der Waals surface area contributed by atoms with Crippen molar-refractivity contribution < 1.29 is 23.8 Å². The molecule has 1 amide bonds. The van der Waals surface area contributed by atoms with E-state index in [0.29, 0.717) is 18.1 Å². The zero-order valence-corrected chi connectivity index (χ0v) is 17.5. The summed E-state index contributed by atoms with van der Waals surface area (Å²) in [6, 6.07) is 2.37. The molecule has 1 aliphatic carbocycles. The highest BCUT2D eigenvalue weighted by Gasteiger charge is 2.30. The van der Waals surface area contributed by atoms with E-state index in [4.69, 9.17) is 14.2 Å². The number of rotatable bonds is 7. The minimum absolute atomic E-state index is 0.200. The number of aromatic nitrogens is 1. The summed E-state index contributed by atoms with van der Waals surface area (Å²) in [6.45, 7) is 10.0. The topological polar surface area (TPSA) is 86.8 Å². The second-order valence-electron chi connectivity index (χ2n) is 8.56. The van der Waals surface area contributed by atoms with E-state index < -0.39 is 23.7 Å². The van der Waals surface area contributed by atoms with E-state index in [1.165, 1.54) is 25.7 Å². The molecular formula is C21H32N2O5. The zero-order chi connectivity index (χ0) is 20.8. The van der Waals surface area contributed by atoms with E-state index in [1.807, 2.05) is 0 Å². The highest BCUT2D eigenvalue weighted by Crippen LogP contribution is 2.37. The molecule has 1 aromatic rings. The molecule has 7 nitrogen and oxygen atoms in total. The fourth-order valence-corrected chi connectivity index (χ4v) is 3.18. The van der Waals surface area contributed by atoms with E-state index in [9.17, 15) is 9.59 Å². The average molecular weight is 392 g/mol. The first-order valence-electron chi connectivity index (χ1n) is 9.87. The summed E-state index contributed by atoms with van der Waals surface area (Å²) >= 11 is 0. The Hall–Kier alpha value is -2.31. The van der Waals surface area contributed by atoms with Gasteiger partial charge in [-0.2, -0.15) is 0 Å². The first-order valence-corrected chi connectivity index (χ1v) is 9.87. The molecule has 1 fully saturated rings. The maximum absolute atomic E-state index is 12.3. The maximum Gasteiger partial charge on any atom is 0.408 e. The Bertz CT molecular complexity index is 660. The first-order chi connectivity index (χ1) is 13.1. The highest BCUT2D eigenvalue weighted by molar-refractivity contribution is 5.82. The molecule has 2 rings (SSSR count). The van der Waals surface area contributed by atoms with Gasteiger partial charge >= 0.3 is 12.1 Å². The molecule has 1 saturated carbocycles. The lowest BCUT2D eigenvalue weighted by Crippen LogP contribution is -2.39. The normalized spacial score (nSPS) is 16.9. The molecule has 1 N–H and O–H groups in total. The van der Waals surface area contributed by atoms with Gasteiger partial charge in [-0.1, -0.05) is 19.8 Å². The van der Waals surface area contributed by atoms with Gasteiger partial charge in [-0.15, -0.1) is 0 Å². The van der Waals surface area contributed by atoms with Crippen molar-refractivity contribution >= 4 is 12.1 Å². The monoisotopic (exact) mass is 392 g/mol. The minimum Gasteiger partial charge on any atom is -0.491 e. The SMILES string of the molecule is CCOC(=O)C(NC(=O)OC(C)(C)C)c1ccc(OCC2(C)CCCC2)cn1. The van der Waals surface area contributed by atoms with Crippen molar-refractivity contribution in [1.29, 1.82) is 0 Å². The van der Waals surface area contributed by atoms with E-state index in [0.717, 1.165) is 0 Å². The van der Waals surface area contributed by atoms with Gasteiger partial charge in [0.15, 0.2) is 6.04 Å². The summed E-state index contributed by atoms with van der Waals surface area (Å²) in [6.07, 6.45) is 5.69. The molecule has 7 heteroatoms. The van der Waals surface area contributed by atoms with Crippen LogP contribution in [-0.4, -0.2) is 35.9 Å². The van der Waals surface area contributed by atoms with Crippen molar-refractivity contribution in [3.05, 3.63) is 24.0 Å². The summed E-state index contributed by atoms with van der Waals surface area (Å²) in [7, 11) is 0. The van der Waals surface area contributed by atoms with Crippen molar-refractivity contribution in [3.8, 4) is 5.75 Å². The number of ether oxygens (including phenoxy) is 3. The minimum atomic E-state index is -1.05. The van der Waals surface area contributed by atoms with Gasteiger partial charge in [0.25, 0.3) is 0 Å². The Kier molecular flexibility index (Phi) is 7.27. The molecule has 0 saturated heterocycles. The van der Waals surface area contributed by atoms with Gasteiger partial charge in [-0.3, -0.25) is 4.98 Å². The van der Waals surface area contributed by atoms with Crippen LogP contribution in [-0.2, 0) is 14.3 Å². The number of carbonyl (C=O) groups is 2. The largest absolute Gasteiger partial charge is 0.491 e.